The molecule has 0 unspecified atom stereocenters. The van der Waals surface area contributed by atoms with E-state index in [-0.39, 0.29) is 6.42 Å². The van der Waals surface area contributed by atoms with Crippen LogP contribution in [0.25, 0.3) is 0 Å². The number of carboxylic acid groups (broad SMARTS) is 1. The first-order chi connectivity index (χ1) is 8.38. The van der Waals surface area contributed by atoms with Crippen LogP contribution in [-0.2, 0) is 14.8 Å². The van der Waals surface area contributed by atoms with Crippen molar-refractivity contribution in [3.63, 3.8) is 0 Å². The van der Waals surface area contributed by atoms with Gasteiger partial charge in [-0.05, 0) is 18.6 Å². The highest BCUT2D eigenvalue weighted by molar-refractivity contribution is 7.89. The Morgan fingerprint density at radius 1 is 1.44 bits per heavy atom. The summed E-state index contributed by atoms with van der Waals surface area (Å²) in [6, 6.07) is 3.56. The summed E-state index contributed by atoms with van der Waals surface area (Å²) >= 11 is 0. The quantitative estimate of drug-likeness (QED) is 0.821. The van der Waals surface area contributed by atoms with Gasteiger partial charge in [0, 0.05) is 0 Å². The third kappa shape index (κ3) is 3.51. The first-order valence-corrected chi connectivity index (χ1v) is 6.86. The molecular weight excluding hydrogens is 261 g/mol. The largest absolute Gasteiger partial charge is 0.480 e. The summed E-state index contributed by atoms with van der Waals surface area (Å²) in [7, 11) is -4.16. The molecule has 0 radical (unpaired) electrons. The molecule has 0 spiro atoms. The Labute approximate surface area is 105 Å². The van der Waals surface area contributed by atoms with E-state index >= 15 is 0 Å². The molecule has 0 aromatic heterocycles. The van der Waals surface area contributed by atoms with Gasteiger partial charge in [-0.3, -0.25) is 4.79 Å². The van der Waals surface area contributed by atoms with Crippen molar-refractivity contribution in [3.8, 4) is 0 Å². The highest BCUT2D eigenvalue weighted by Gasteiger charge is 2.26. The summed E-state index contributed by atoms with van der Waals surface area (Å²) in [5.74, 6) is -2.19. The predicted molar refractivity (Wildman–Crippen MR) is 63.1 cm³/mol. The molecule has 2 N–H and O–H groups in total. The Bertz CT molecular complexity index is 530. The van der Waals surface area contributed by atoms with E-state index in [1.165, 1.54) is 12.1 Å². The van der Waals surface area contributed by atoms with E-state index in [9.17, 15) is 17.6 Å². The monoisotopic (exact) mass is 275 g/mol. The van der Waals surface area contributed by atoms with E-state index in [1.54, 1.807) is 6.92 Å². The van der Waals surface area contributed by atoms with Crippen LogP contribution in [0.15, 0.2) is 29.2 Å². The van der Waals surface area contributed by atoms with Crippen molar-refractivity contribution in [3.05, 3.63) is 30.1 Å². The topological polar surface area (TPSA) is 83.5 Å². The summed E-state index contributed by atoms with van der Waals surface area (Å²) < 4.78 is 39.0. The fourth-order valence-corrected chi connectivity index (χ4v) is 2.74. The fourth-order valence-electron chi connectivity index (χ4n) is 1.43. The van der Waals surface area contributed by atoms with E-state index in [0.29, 0.717) is 6.42 Å². The molecule has 0 aliphatic carbocycles. The van der Waals surface area contributed by atoms with Gasteiger partial charge in [0.25, 0.3) is 0 Å². The van der Waals surface area contributed by atoms with Crippen LogP contribution in [0.4, 0.5) is 4.39 Å². The number of halogens is 1. The molecule has 0 bridgehead atoms. The molecule has 0 heterocycles. The van der Waals surface area contributed by atoms with Crippen molar-refractivity contribution >= 4 is 16.0 Å². The van der Waals surface area contributed by atoms with Gasteiger partial charge in [-0.1, -0.05) is 25.5 Å². The standard InChI is InChI=1S/C11H14FNO4S/c1-2-5-9(11(14)15)13-18(16,17)10-7-4-3-6-8(10)12/h3-4,6-7,9,13H,2,5H2,1H3,(H,14,15)/t9-/m0/s1. The lowest BCUT2D eigenvalue weighted by atomic mass is 10.2. The summed E-state index contributed by atoms with van der Waals surface area (Å²) in [6.07, 6.45) is 0.639. The van der Waals surface area contributed by atoms with Crippen molar-refractivity contribution in [1.82, 2.24) is 4.72 Å². The Hall–Kier alpha value is -1.47. The van der Waals surface area contributed by atoms with Gasteiger partial charge in [0.2, 0.25) is 10.0 Å². The van der Waals surface area contributed by atoms with Crippen molar-refractivity contribution in [1.29, 1.82) is 0 Å². The zero-order valence-corrected chi connectivity index (χ0v) is 10.6. The van der Waals surface area contributed by atoms with Gasteiger partial charge < -0.3 is 5.11 Å². The third-order valence-electron chi connectivity index (χ3n) is 2.30. The number of carbonyl (C=O) groups is 1. The zero-order valence-electron chi connectivity index (χ0n) is 9.76. The highest BCUT2D eigenvalue weighted by atomic mass is 32.2. The van der Waals surface area contributed by atoms with Gasteiger partial charge >= 0.3 is 5.97 Å². The minimum atomic E-state index is -4.16. The Morgan fingerprint density at radius 3 is 2.56 bits per heavy atom. The maximum atomic E-state index is 13.4. The second-order valence-electron chi connectivity index (χ2n) is 3.73. The Kier molecular flexibility index (Phi) is 4.80. The van der Waals surface area contributed by atoms with Gasteiger partial charge in [0.1, 0.15) is 16.8 Å². The third-order valence-corrected chi connectivity index (χ3v) is 3.80. The molecule has 1 aromatic carbocycles. The number of carboxylic acids is 1. The maximum Gasteiger partial charge on any atom is 0.321 e. The van der Waals surface area contributed by atoms with Crippen LogP contribution < -0.4 is 4.72 Å². The normalized spacial score (nSPS) is 13.2. The molecule has 0 aliphatic rings. The molecule has 18 heavy (non-hydrogen) atoms. The molecule has 0 amide bonds. The number of nitrogens with one attached hydrogen (secondary N) is 1. The lowest BCUT2D eigenvalue weighted by molar-refractivity contribution is -0.139. The van der Waals surface area contributed by atoms with E-state index in [1.807, 2.05) is 4.72 Å². The second kappa shape index (κ2) is 5.92. The van der Waals surface area contributed by atoms with Crippen LogP contribution >= 0.6 is 0 Å². The van der Waals surface area contributed by atoms with E-state index in [4.69, 9.17) is 5.11 Å². The average molecular weight is 275 g/mol. The summed E-state index contributed by atoms with van der Waals surface area (Å²) in [4.78, 5) is 10.3. The molecular formula is C11H14FNO4S. The second-order valence-corrected chi connectivity index (χ2v) is 5.41. The van der Waals surface area contributed by atoms with Crippen LogP contribution in [0.3, 0.4) is 0 Å². The average Bonchev–Trinajstić information content (AvgIpc) is 2.28. The minimum absolute atomic E-state index is 0.142. The van der Waals surface area contributed by atoms with Crippen LogP contribution in [-0.4, -0.2) is 25.5 Å². The molecule has 5 nitrogen and oxygen atoms in total. The van der Waals surface area contributed by atoms with Crippen LogP contribution in [0.5, 0.6) is 0 Å². The summed E-state index contributed by atoms with van der Waals surface area (Å²) in [6.45, 7) is 1.73. The lowest BCUT2D eigenvalue weighted by Crippen LogP contribution is -2.40. The molecule has 7 heteroatoms. The van der Waals surface area contributed by atoms with E-state index < -0.39 is 32.7 Å². The van der Waals surface area contributed by atoms with Gasteiger partial charge in [0.15, 0.2) is 0 Å². The molecule has 0 aliphatic heterocycles. The summed E-state index contributed by atoms with van der Waals surface area (Å²) in [5, 5.41) is 8.86. The SMILES string of the molecule is CCC[C@H](NS(=O)(=O)c1ccccc1F)C(=O)O. The molecule has 0 fully saturated rings. The van der Waals surface area contributed by atoms with Gasteiger partial charge in [-0.25, -0.2) is 12.8 Å². The van der Waals surface area contributed by atoms with Crippen molar-refractivity contribution in [2.24, 2.45) is 0 Å². The van der Waals surface area contributed by atoms with E-state index in [0.717, 1.165) is 12.1 Å². The lowest BCUT2D eigenvalue weighted by Gasteiger charge is -2.14. The highest BCUT2D eigenvalue weighted by Crippen LogP contribution is 2.14. The van der Waals surface area contributed by atoms with Gasteiger partial charge in [-0.2, -0.15) is 4.72 Å². The number of benzene rings is 1. The molecule has 1 atom stereocenters. The number of rotatable bonds is 6. The van der Waals surface area contributed by atoms with Crippen LogP contribution in [0, 0.1) is 5.82 Å². The predicted octanol–water partition coefficient (Wildman–Crippen LogP) is 1.36. The Morgan fingerprint density at radius 2 is 2.06 bits per heavy atom. The number of aliphatic carboxylic acids is 1. The Balaban J connectivity index is 3.01. The molecule has 0 saturated carbocycles. The van der Waals surface area contributed by atoms with Gasteiger partial charge in [-0.15, -0.1) is 0 Å². The zero-order chi connectivity index (χ0) is 13.8. The smallest absolute Gasteiger partial charge is 0.321 e. The first kappa shape index (κ1) is 14.6. The number of sulfonamides is 1. The number of hydrogen-bond donors (Lipinski definition) is 2. The molecule has 100 valence electrons. The van der Waals surface area contributed by atoms with Crippen molar-refractivity contribution in [2.45, 2.75) is 30.7 Å². The van der Waals surface area contributed by atoms with E-state index in [2.05, 4.69) is 0 Å². The van der Waals surface area contributed by atoms with Crippen LogP contribution in [0.2, 0.25) is 0 Å². The van der Waals surface area contributed by atoms with Crippen molar-refractivity contribution < 1.29 is 22.7 Å². The fraction of sp³-hybridized carbons (Fsp3) is 0.364. The minimum Gasteiger partial charge on any atom is -0.480 e. The van der Waals surface area contributed by atoms with Crippen molar-refractivity contribution in [2.75, 3.05) is 0 Å². The van der Waals surface area contributed by atoms with Crippen LogP contribution in [0.1, 0.15) is 19.8 Å². The molecule has 1 aromatic rings. The van der Waals surface area contributed by atoms with Gasteiger partial charge in [0.05, 0.1) is 0 Å². The molecule has 1 rings (SSSR count). The number of hydrogen-bond acceptors (Lipinski definition) is 3. The first-order valence-electron chi connectivity index (χ1n) is 5.38. The summed E-state index contributed by atoms with van der Waals surface area (Å²) in [5.41, 5.74) is 0. The molecule has 0 saturated heterocycles. The maximum absolute atomic E-state index is 13.4.